The van der Waals surface area contributed by atoms with Gasteiger partial charge in [-0.1, -0.05) is 6.07 Å². The number of carbonyl (C=O) groups is 1. The zero-order chi connectivity index (χ0) is 22.9. The minimum atomic E-state index is -3.55. The number of hydrogen-bond acceptors (Lipinski definition) is 7. The number of aliphatic hydroxyl groups is 2. The number of hydrogen-bond donors (Lipinski definition) is 4. The van der Waals surface area contributed by atoms with E-state index >= 15 is 0 Å². The first-order valence-corrected chi connectivity index (χ1v) is 13.0. The SMILES string of the molecule is C[C@@](O)(COCCO)c1ncc(S(N)(=O)=NC(=O)Nc2c3c(cc4c2CCC4)CCC3)s1. The first-order chi connectivity index (χ1) is 15.2. The number of urea groups is 1. The van der Waals surface area contributed by atoms with E-state index in [1.54, 1.807) is 0 Å². The quantitative estimate of drug-likeness (QED) is 0.447. The van der Waals surface area contributed by atoms with Crippen LogP contribution in [0.3, 0.4) is 0 Å². The van der Waals surface area contributed by atoms with Crippen molar-refractivity contribution >= 4 is 33.0 Å². The van der Waals surface area contributed by atoms with Crippen molar-refractivity contribution in [3.05, 3.63) is 39.5 Å². The predicted octanol–water partition coefficient (Wildman–Crippen LogP) is 2.27. The average molecular weight is 481 g/mol. The minimum absolute atomic E-state index is 0.0738. The molecule has 2 atom stereocenters. The summed E-state index contributed by atoms with van der Waals surface area (Å²) >= 11 is 0.915. The van der Waals surface area contributed by atoms with Gasteiger partial charge in [-0.25, -0.2) is 19.1 Å². The number of rotatable bonds is 7. The molecule has 1 aromatic carbocycles. The second-order valence-corrected chi connectivity index (χ2v) is 11.4. The molecule has 174 valence electrons. The summed E-state index contributed by atoms with van der Waals surface area (Å²) in [4.78, 5) is 16.8. The Morgan fingerprint density at radius 2 is 1.97 bits per heavy atom. The van der Waals surface area contributed by atoms with E-state index in [0.717, 1.165) is 66.7 Å². The average Bonchev–Trinajstić information content (AvgIpc) is 3.47. The maximum absolute atomic E-state index is 13.0. The number of nitrogens with one attached hydrogen (secondary N) is 1. The van der Waals surface area contributed by atoms with E-state index in [4.69, 9.17) is 15.0 Å². The van der Waals surface area contributed by atoms with Crippen molar-refractivity contribution in [1.29, 1.82) is 0 Å². The number of carbonyl (C=O) groups excluding carboxylic acids is 1. The number of benzene rings is 1. The molecule has 0 saturated carbocycles. The number of fused-ring (bicyclic) bond motifs is 2. The maximum atomic E-state index is 13.0. The third-order valence-electron chi connectivity index (χ3n) is 5.78. The molecular weight excluding hydrogens is 452 g/mol. The second kappa shape index (κ2) is 9.16. The molecule has 2 aliphatic carbocycles. The smallest absolute Gasteiger partial charge is 0.354 e. The molecule has 0 fully saturated rings. The molecule has 0 saturated heterocycles. The minimum Gasteiger partial charge on any atom is -0.394 e. The summed E-state index contributed by atoms with van der Waals surface area (Å²) in [5.41, 5.74) is 4.19. The van der Waals surface area contributed by atoms with Crippen molar-refractivity contribution in [3.8, 4) is 0 Å². The van der Waals surface area contributed by atoms with Gasteiger partial charge < -0.3 is 20.3 Å². The molecule has 0 spiro atoms. The van der Waals surface area contributed by atoms with Gasteiger partial charge >= 0.3 is 6.03 Å². The molecule has 1 unspecified atom stereocenters. The van der Waals surface area contributed by atoms with E-state index in [0.29, 0.717) is 0 Å². The molecule has 0 aliphatic heterocycles. The highest BCUT2D eigenvalue weighted by Gasteiger charge is 2.29. The zero-order valence-electron chi connectivity index (χ0n) is 17.9. The number of amides is 2. The summed E-state index contributed by atoms with van der Waals surface area (Å²) in [5.74, 6) is 0. The van der Waals surface area contributed by atoms with Crippen molar-refractivity contribution in [2.45, 2.75) is 55.3 Å². The highest BCUT2D eigenvalue weighted by Crippen LogP contribution is 2.38. The summed E-state index contributed by atoms with van der Waals surface area (Å²) in [5, 5.41) is 28.4. The van der Waals surface area contributed by atoms with Crippen LogP contribution >= 0.6 is 11.3 Å². The van der Waals surface area contributed by atoms with E-state index in [1.807, 2.05) is 0 Å². The summed E-state index contributed by atoms with van der Waals surface area (Å²) in [6.07, 6.45) is 7.18. The Hall–Kier alpha value is -1.89. The number of aromatic nitrogens is 1. The van der Waals surface area contributed by atoms with Crippen molar-refractivity contribution in [2.24, 2.45) is 9.50 Å². The molecule has 2 aromatic rings. The highest BCUT2D eigenvalue weighted by atomic mass is 32.2. The van der Waals surface area contributed by atoms with Crippen molar-refractivity contribution in [1.82, 2.24) is 4.98 Å². The van der Waals surface area contributed by atoms with Crippen LogP contribution in [0.15, 0.2) is 20.8 Å². The monoisotopic (exact) mass is 480 g/mol. The number of anilines is 1. The van der Waals surface area contributed by atoms with Crippen LogP contribution in [0.5, 0.6) is 0 Å². The first-order valence-electron chi connectivity index (χ1n) is 10.6. The van der Waals surface area contributed by atoms with Gasteiger partial charge in [-0.15, -0.1) is 15.7 Å². The predicted molar refractivity (Wildman–Crippen MR) is 122 cm³/mol. The number of nitrogens with two attached hydrogens (primary N) is 1. The van der Waals surface area contributed by atoms with Crippen LogP contribution in [0.1, 0.15) is 47.0 Å². The van der Waals surface area contributed by atoms with Crippen LogP contribution in [0.4, 0.5) is 10.5 Å². The molecular formula is C21H28N4O5S2. The number of aryl methyl sites for hydroxylation is 2. The number of ether oxygens (including phenoxy) is 1. The van der Waals surface area contributed by atoms with Crippen molar-refractivity contribution in [2.75, 3.05) is 25.1 Å². The lowest BCUT2D eigenvalue weighted by molar-refractivity contribution is -0.0447. The lowest BCUT2D eigenvalue weighted by atomic mass is 9.99. The van der Waals surface area contributed by atoms with Gasteiger partial charge in [-0.2, -0.15) is 0 Å². The number of aliphatic hydroxyl groups excluding tert-OH is 1. The van der Waals surface area contributed by atoms with Crippen LogP contribution in [-0.4, -0.2) is 45.3 Å². The molecule has 2 amide bonds. The fourth-order valence-corrected chi connectivity index (χ4v) is 6.40. The summed E-state index contributed by atoms with van der Waals surface area (Å²) in [6, 6.07) is 1.51. The molecule has 32 heavy (non-hydrogen) atoms. The number of thiazole rings is 1. The van der Waals surface area contributed by atoms with Gasteiger partial charge in [0.05, 0.1) is 26.0 Å². The third kappa shape index (κ3) is 4.73. The molecule has 9 nitrogen and oxygen atoms in total. The molecule has 0 radical (unpaired) electrons. The molecule has 11 heteroatoms. The lowest BCUT2D eigenvalue weighted by Gasteiger charge is -2.20. The van der Waals surface area contributed by atoms with Gasteiger partial charge in [0, 0.05) is 5.69 Å². The standard InChI is InChI=1S/C21H28N4O5S2/c1-21(28,12-30-9-8-26)19-23-11-17(31-19)32(22,29)25-20(27)24-18-15-6-2-4-13(15)10-14-5-3-7-16(14)18/h10-11,26,28H,2-9,12H2,1H3,(H3,22,24,25,27,29)/t21-,32?/m1/s1. The molecule has 0 bridgehead atoms. The van der Waals surface area contributed by atoms with E-state index in [-0.39, 0.29) is 29.0 Å². The Bertz CT molecular complexity index is 1120. The van der Waals surface area contributed by atoms with Crippen LogP contribution in [-0.2, 0) is 45.9 Å². The van der Waals surface area contributed by atoms with Crippen molar-refractivity contribution < 1.29 is 24.0 Å². The van der Waals surface area contributed by atoms with E-state index in [1.165, 1.54) is 24.2 Å². The van der Waals surface area contributed by atoms with Gasteiger partial charge in [-0.3, -0.25) is 0 Å². The van der Waals surface area contributed by atoms with Crippen LogP contribution in [0.2, 0.25) is 0 Å². The third-order valence-corrected chi connectivity index (χ3v) is 8.91. The molecule has 5 N–H and O–H groups in total. The van der Waals surface area contributed by atoms with Crippen molar-refractivity contribution in [3.63, 3.8) is 0 Å². The maximum Gasteiger partial charge on any atom is 0.354 e. The molecule has 1 aromatic heterocycles. The fraction of sp³-hybridized carbons (Fsp3) is 0.524. The van der Waals surface area contributed by atoms with Crippen LogP contribution < -0.4 is 10.5 Å². The molecule has 4 rings (SSSR count). The lowest BCUT2D eigenvalue weighted by Crippen LogP contribution is -2.28. The molecule has 2 aliphatic rings. The van der Waals surface area contributed by atoms with Gasteiger partial charge in [0.25, 0.3) is 0 Å². The Labute approximate surface area is 191 Å². The second-order valence-electron chi connectivity index (χ2n) is 8.36. The van der Waals surface area contributed by atoms with E-state index < -0.39 is 21.5 Å². The first kappa shape index (κ1) is 23.3. The summed E-state index contributed by atoms with van der Waals surface area (Å²) in [6.45, 7) is 1.29. The Balaban J connectivity index is 1.56. The zero-order valence-corrected chi connectivity index (χ0v) is 19.6. The summed E-state index contributed by atoms with van der Waals surface area (Å²) < 4.78 is 22.1. The highest BCUT2D eigenvalue weighted by molar-refractivity contribution is 7.93. The Morgan fingerprint density at radius 3 is 2.59 bits per heavy atom. The summed E-state index contributed by atoms with van der Waals surface area (Å²) in [7, 11) is -3.55. The molecule has 1 heterocycles. The van der Waals surface area contributed by atoms with E-state index in [2.05, 4.69) is 20.7 Å². The van der Waals surface area contributed by atoms with Gasteiger partial charge in [-0.05, 0) is 67.7 Å². The van der Waals surface area contributed by atoms with Gasteiger partial charge in [0.1, 0.15) is 14.8 Å². The van der Waals surface area contributed by atoms with E-state index in [9.17, 15) is 14.1 Å². The van der Waals surface area contributed by atoms with Crippen LogP contribution in [0.25, 0.3) is 0 Å². The van der Waals surface area contributed by atoms with Gasteiger partial charge in [0.15, 0.2) is 9.92 Å². The Morgan fingerprint density at radius 1 is 1.31 bits per heavy atom. The number of nitrogens with zero attached hydrogens (tertiary/aromatic N) is 2. The topological polar surface area (TPSA) is 147 Å². The Kier molecular flexibility index (Phi) is 6.66. The largest absolute Gasteiger partial charge is 0.394 e. The fourth-order valence-electron chi connectivity index (χ4n) is 4.31. The van der Waals surface area contributed by atoms with Crippen LogP contribution in [0, 0.1) is 0 Å². The normalized spacial score (nSPS) is 18.5. The van der Waals surface area contributed by atoms with Gasteiger partial charge in [0.2, 0.25) is 0 Å².